The molecule has 1 N–H and O–H groups in total. The van der Waals surface area contributed by atoms with Gasteiger partial charge in [-0.15, -0.1) is 0 Å². The maximum atomic E-state index is 12.1. The van der Waals surface area contributed by atoms with Gasteiger partial charge < -0.3 is 14.7 Å². The van der Waals surface area contributed by atoms with Gasteiger partial charge in [0.05, 0.1) is 12.7 Å². The summed E-state index contributed by atoms with van der Waals surface area (Å²) in [5, 5.41) is 9.55. The Kier molecular flexibility index (Phi) is 6.06. The van der Waals surface area contributed by atoms with E-state index in [1.165, 1.54) is 0 Å². The maximum Gasteiger partial charge on any atom is 0.222 e. The third kappa shape index (κ3) is 5.00. The van der Waals surface area contributed by atoms with Crippen molar-refractivity contribution < 1.29 is 14.6 Å². The van der Waals surface area contributed by atoms with Crippen molar-refractivity contribution in [3.8, 4) is 5.75 Å². The summed E-state index contributed by atoms with van der Waals surface area (Å²) in [7, 11) is 0. The fraction of sp³-hybridized carbons (Fsp3) is 0.562. The molecular formula is C16H22BrNO3. The summed E-state index contributed by atoms with van der Waals surface area (Å²) in [6.45, 7) is 3.79. The molecule has 1 saturated heterocycles. The number of carbonyl (C=O) groups excluding carboxylic acids is 1. The molecule has 2 rings (SSSR count). The van der Waals surface area contributed by atoms with Crippen molar-refractivity contribution in [3.63, 3.8) is 0 Å². The maximum absolute atomic E-state index is 12.1. The molecule has 1 aliphatic heterocycles. The summed E-state index contributed by atoms with van der Waals surface area (Å²) >= 11 is 3.38. The van der Waals surface area contributed by atoms with Crippen molar-refractivity contribution >= 4 is 21.8 Å². The molecule has 1 heterocycles. The van der Waals surface area contributed by atoms with Crippen molar-refractivity contribution in [2.75, 3.05) is 19.7 Å². The highest BCUT2D eigenvalue weighted by atomic mass is 79.9. The van der Waals surface area contributed by atoms with Gasteiger partial charge in [-0.1, -0.05) is 15.9 Å². The van der Waals surface area contributed by atoms with Crippen LogP contribution in [-0.2, 0) is 4.79 Å². The van der Waals surface area contributed by atoms with E-state index in [9.17, 15) is 9.90 Å². The van der Waals surface area contributed by atoms with Gasteiger partial charge in [0.25, 0.3) is 0 Å². The monoisotopic (exact) mass is 355 g/mol. The summed E-state index contributed by atoms with van der Waals surface area (Å²) in [5.74, 6) is 1.21. The number of carbonyl (C=O) groups is 1. The Bertz CT molecular complexity index is 461. The molecule has 2 unspecified atom stereocenters. The number of rotatable bonds is 6. The lowest BCUT2D eigenvalue weighted by Gasteiger charge is -2.17. The van der Waals surface area contributed by atoms with Gasteiger partial charge >= 0.3 is 0 Å². The van der Waals surface area contributed by atoms with E-state index in [1.807, 2.05) is 29.2 Å². The van der Waals surface area contributed by atoms with Crippen molar-refractivity contribution in [2.24, 2.45) is 5.92 Å². The predicted octanol–water partition coefficient (Wildman–Crippen LogP) is 2.84. The van der Waals surface area contributed by atoms with Crippen LogP contribution in [0.1, 0.15) is 26.2 Å². The molecule has 116 valence electrons. The Morgan fingerprint density at radius 3 is 2.81 bits per heavy atom. The van der Waals surface area contributed by atoms with E-state index in [1.54, 1.807) is 6.92 Å². The number of likely N-dealkylation sites (tertiary alicyclic amines) is 1. The highest BCUT2D eigenvalue weighted by molar-refractivity contribution is 9.10. The van der Waals surface area contributed by atoms with Crippen molar-refractivity contribution in [3.05, 3.63) is 28.7 Å². The first kappa shape index (κ1) is 16.3. The highest BCUT2D eigenvalue weighted by Crippen LogP contribution is 2.21. The number of halogens is 1. The Morgan fingerprint density at radius 1 is 1.48 bits per heavy atom. The van der Waals surface area contributed by atoms with Crippen LogP contribution in [0.3, 0.4) is 0 Å². The first-order valence-electron chi connectivity index (χ1n) is 7.40. The third-order valence-electron chi connectivity index (χ3n) is 3.88. The van der Waals surface area contributed by atoms with E-state index in [0.29, 0.717) is 26.0 Å². The number of ether oxygens (including phenoxy) is 1. The van der Waals surface area contributed by atoms with Crippen molar-refractivity contribution in [1.29, 1.82) is 0 Å². The highest BCUT2D eigenvalue weighted by Gasteiger charge is 2.28. The van der Waals surface area contributed by atoms with Gasteiger partial charge in [0.1, 0.15) is 5.75 Å². The van der Waals surface area contributed by atoms with Crippen molar-refractivity contribution in [2.45, 2.75) is 32.3 Å². The minimum atomic E-state index is -0.330. The summed E-state index contributed by atoms with van der Waals surface area (Å²) < 4.78 is 6.62. The smallest absolute Gasteiger partial charge is 0.222 e. The average Bonchev–Trinajstić information content (AvgIpc) is 2.95. The van der Waals surface area contributed by atoms with E-state index >= 15 is 0 Å². The molecule has 0 aliphatic carbocycles. The second kappa shape index (κ2) is 7.80. The lowest BCUT2D eigenvalue weighted by molar-refractivity contribution is -0.130. The number of hydrogen-bond acceptors (Lipinski definition) is 3. The molecule has 5 heteroatoms. The summed E-state index contributed by atoms with van der Waals surface area (Å²) in [6.07, 6.45) is 1.79. The summed E-state index contributed by atoms with van der Waals surface area (Å²) in [4.78, 5) is 13.9. The number of aliphatic hydroxyl groups excluding tert-OH is 1. The molecule has 1 fully saturated rings. The van der Waals surface area contributed by atoms with Crippen molar-refractivity contribution in [1.82, 2.24) is 4.90 Å². The molecule has 0 aromatic heterocycles. The lowest BCUT2D eigenvalue weighted by atomic mass is 10.0. The topological polar surface area (TPSA) is 49.8 Å². The number of amides is 1. The number of nitrogens with zero attached hydrogens (tertiary/aromatic N) is 1. The molecular weight excluding hydrogens is 334 g/mol. The number of benzene rings is 1. The Morgan fingerprint density at radius 2 is 2.19 bits per heavy atom. The second-order valence-electron chi connectivity index (χ2n) is 5.54. The van der Waals surface area contributed by atoms with E-state index < -0.39 is 0 Å². The van der Waals surface area contributed by atoms with E-state index in [-0.39, 0.29) is 17.9 Å². The van der Waals surface area contributed by atoms with Crippen LogP contribution >= 0.6 is 15.9 Å². The normalized spacial score (nSPS) is 19.6. The summed E-state index contributed by atoms with van der Waals surface area (Å²) in [5.41, 5.74) is 0. The quantitative estimate of drug-likeness (QED) is 0.798. The Balaban J connectivity index is 1.64. The molecule has 0 saturated carbocycles. The van der Waals surface area contributed by atoms with Crippen LogP contribution in [0.25, 0.3) is 0 Å². The largest absolute Gasteiger partial charge is 0.494 e. The zero-order valence-corrected chi connectivity index (χ0v) is 13.9. The Hall–Kier alpha value is -1.07. The molecule has 2 atom stereocenters. The van der Waals surface area contributed by atoms with Gasteiger partial charge in [0.2, 0.25) is 5.91 Å². The van der Waals surface area contributed by atoms with Crippen LogP contribution in [0, 0.1) is 5.92 Å². The molecule has 1 amide bonds. The van der Waals surface area contributed by atoms with Gasteiger partial charge in [0.15, 0.2) is 0 Å². The first-order valence-corrected chi connectivity index (χ1v) is 8.20. The molecule has 1 aliphatic rings. The SMILES string of the molecule is CC(O)C1CCN(C(=O)CCCOc2ccc(Br)cc2)C1. The second-order valence-corrected chi connectivity index (χ2v) is 6.45. The molecule has 4 nitrogen and oxygen atoms in total. The van der Waals surface area contributed by atoms with Gasteiger partial charge in [-0.05, 0) is 44.0 Å². The third-order valence-corrected chi connectivity index (χ3v) is 4.41. The van der Waals surface area contributed by atoms with Crippen LogP contribution in [0.15, 0.2) is 28.7 Å². The van der Waals surface area contributed by atoms with Crippen LogP contribution < -0.4 is 4.74 Å². The van der Waals surface area contributed by atoms with Gasteiger partial charge in [-0.2, -0.15) is 0 Å². The van der Waals surface area contributed by atoms with E-state index in [4.69, 9.17) is 4.74 Å². The first-order chi connectivity index (χ1) is 10.1. The zero-order valence-electron chi connectivity index (χ0n) is 12.3. The van der Waals surface area contributed by atoms with Gasteiger partial charge in [0, 0.05) is 29.9 Å². The van der Waals surface area contributed by atoms with Crippen LogP contribution in [0.4, 0.5) is 0 Å². The van der Waals surface area contributed by atoms with Gasteiger partial charge in [-0.3, -0.25) is 4.79 Å². The van der Waals surface area contributed by atoms with Crippen LogP contribution in [-0.4, -0.2) is 41.7 Å². The van der Waals surface area contributed by atoms with Gasteiger partial charge in [-0.25, -0.2) is 0 Å². The van der Waals surface area contributed by atoms with Crippen LogP contribution in [0.5, 0.6) is 5.75 Å². The predicted molar refractivity (Wildman–Crippen MR) is 85.2 cm³/mol. The molecule has 0 bridgehead atoms. The fourth-order valence-corrected chi connectivity index (χ4v) is 2.77. The minimum Gasteiger partial charge on any atom is -0.494 e. The van der Waals surface area contributed by atoms with Crippen LogP contribution in [0.2, 0.25) is 0 Å². The summed E-state index contributed by atoms with van der Waals surface area (Å²) in [6, 6.07) is 7.67. The Labute approximate surface area is 134 Å². The minimum absolute atomic E-state index is 0.164. The number of aliphatic hydroxyl groups is 1. The zero-order chi connectivity index (χ0) is 15.2. The molecule has 0 spiro atoms. The van der Waals surface area contributed by atoms with E-state index in [2.05, 4.69) is 15.9 Å². The lowest BCUT2D eigenvalue weighted by Crippen LogP contribution is -2.30. The molecule has 21 heavy (non-hydrogen) atoms. The number of hydrogen-bond donors (Lipinski definition) is 1. The molecule has 0 radical (unpaired) electrons. The van der Waals surface area contributed by atoms with E-state index in [0.717, 1.165) is 23.2 Å². The average molecular weight is 356 g/mol. The standard InChI is InChI=1S/C16H22BrNO3/c1-12(19)13-8-9-18(11-13)16(20)3-2-10-21-15-6-4-14(17)5-7-15/h4-7,12-13,19H,2-3,8-11H2,1H3. The molecule has 1 aromatic carbocycles. The molecule has 1 aromatic rings. The fourth-order valence-electron chi connectivity index (χ4n) is 2.51.